The fraction of sp³-hybridized carbons (Fsp3) is 0.462. The van der Waals surface area contributed by atoms with E-state index < -0.39 is 0 Å². The van der Waals surface area contributed by atoms with Crippen molar-refractivity contribution in [3.63, 3.8) is 0 Å². The molecule has 1 aromatic rings. The summed E-state index contributed by atoms with van der Waals surface area (Å²) in [4.78, 5) is 10.0. The zero-order valence-corrected chi connectivity index (χ0v) is 11.3. The van der Waals surface area contributed by atoms with Gasteiger partial charge in [0.15, 0.2) is 0 Å². The minimum atomic E-state index is -0.354. The highest BCUT2D eigenvalue weighted by Crippen LogP contribution is 2.27. The van der Waals surface area contributed by atoms with Gasteiger partial charge in [-0.25, -0.2) is 4.39 Å². The van der Waals surface area contributed by atoms with E-state index in [1.165, 1.54) is 6.07 Å². The SMILES string of the molecule is CCc1c(NC)ccc(F)c1Cl.O=C1CCCO1. The number of anilines is 1. The molecule has 0 unspecified atom stereocenters. The monoisotopic (exact) mass is 273 g/mol. The van der Waals surface area contributed by atoms with E-state index in [1.807, 2.05) is 6.92 Å². The van der Waals surface area contributed by atoms with Gasteiger partial charge >= 0.3 is 5.97 Å². The Bertz CT molecular complexity index is 416. The molecule has 0 atom stereocenters. The second-order valence-electron chi connectivity index (χ2n) is 3.82. The van der Waals surface area contributed by atoms with Crippen LogP contribution in [0.2, 0.25) is 5.02 Å². The Hall–Kier alpha value is -1.29. The van der Waals surface area contributed by atoms with Crippen LogP contribution in [0.1, 0.15) is 25.3 Å². The molecule has 0 bridgehead atoms. The van der Waals surface area contributed by atoms with Crippen LogP contribution in [0.4, 0.5) is 10.1 Å². The third kappa shape index (κ3) is 3.88. The summed E-state index contributed by atoms with van der Waals surface area (Å²) >= 11 is 5.76. The van der Waals surface area contributed by atoms with Crippen LogP contribution >= 0.6 is 11.6 Å². The number of hydrogen-bond donors (Lipinski definition) is 1. The average Bonchev–Trinajstić information content (AvgIpc) is 2.84. The molecule has 1 aromatic carbocycles. The van der Waals surface area contributed by atoms with Crippen molar-refractivity contribution in [3.05, 3.63) is 28.5 Å². The maximum atomic E-state index is 12.9. The van der Waals surface area contributed by atoms with Gasteiger partial charge in [0.05, 0.1) is 11.6 Å². The van der Waals surface area contributed by atoms with E-state index in [0.29, 0.717) is 13.0 Å². The van der Waals surface area contributed by atoms with Crippen molar-refractivity contribution in [1.29, 1.82) is 0 Å². The van der Waals surface area contributed by atoms with Crippen molar-refractivity contribution < 1.29 is 13.9 Å². The van der Waals surface area contributed by atoms with Gasteiger partial charge < -0.3 is 10.1 Å². The number of ether oxygens (including phenoxy) is 1. The highest BCUT2D eigenvalue weighted by atomic mass is 35.5. The number of benzene rings is 1. The van der Waals surface area contributed by atoms with Gasteiger partial charge in [-0.3, -0.25) is 4.79 Å². The summed E-state index contributed by atoms with van der Waals surface area (Å²) in [5, 5.41) is 3.19. The summed E-state index contributed by atoms with van der Waals surface area (Å²) in [7, 11) is 1.79. The van der Waals surface area contributed by atoms with Gasteiger partial charge in [-0.2, -0.15) is 0 Å². The lowest BCUT2D eigenvalue weighted by Gasteiger charge is -2.09. The molecule has 2 rings (SSSR count). The van der Waals surface area contributed by atoms with Crippen LogP contribution < -0.4 is 5.32 Å². The summed E-state index contributed by atoms with van der Waals surface area (Å²) in [5.74, 6) is -0.400. The quantitative estimate of drug-likeness (QED) is 0.839. The molecule has 1 N–H and O–H groups in total. The number of carbonyl (C=O) groups excluding carboxylic acids is 1. The molecule has 0 spiro atoms. The second kappa shape index (κ2) is 7.21. The second-order valence-corrected chi connectivity index (χ2v) is 4.19. The molecule has 0 saturated carbocycles. The van der Waals surface area contributed by atoms with E-state index in [2.05, 4.69) is 10.1 Å². The molecule has 1 fully saturated rings. The maximum absolute atomic E-state index is 12.9. The lowest BCUT2D eigenvalue weighted by atomic mass is 10.1. The summed E-state index contributed by atoms with van der Waals surface area (Å²) in [6.45, 7) is 2.58. The van der Waals surface area contributed by atoms with Gasteiger partial charge in [-0.15, -0.1) is 0 Å². The van der Waals surface area contributed by atoms with Crippen LogP contribution in [0.5, 0.6) is 0 Å². The fourth-order valence-corrected chi connectivity index (χ4v) is 1.95. The molecule has 0 aromatic heterocycles. The third-order valence-corrected chi connectivity index (χ3v) is 3.02. The number of nitrogens with one attached hydrogen (secondary N) is 1. The Morgan fingerprint density at radius 3 is 2.61 bits per heavy atom. The summed E-state index contributed by atoms with van der Waals surface area (Å²) < 4.78 is 17.4. The first-order valence-corrected chi connectivity index (χ1v) is 6.28. The molecule has 0 radical (unpaired) electrons. The Balaban J connectivity index is 0.000000225. The lowest BCUT2D eigenvalue weighted by molar-refractivity contribution is -0.137. The van der Waals surface area contributed by atoms with E-state index in [4.69, 9.17) is 11.6 Å². The number of cyclic esters (lactones) is 1. The number of rotatable bonds is 2. The third-order valence-electron chi connectivity index (χ3n) is 2.61. The molecule has 1 aliphatic heterocycles. The first-order valence-electron chi connectivity index (χ1n) is 5.90. The zero-order valence-electron chi connectivity index (χ0n) is 10.6. The molecule has 5 heteroatoms. The largest absolute Gasteiger partial charge is 0.466 e. The number of carbonyl (C=O) groups is 1. The fourth-order valence-electron chi connectivity index (χ4n) is 1.65. The number of halogens is 2. The molecule has 100 valence electrons. The topological polar surface area (TPSA) is 38.3 Å². The molecule has 18 heavy (non-hydrogen) atoms. The summed E-state index contributed by atoms with van der Waals surface area (Å²) in [6, 6.07) is 3.06. The molecular formula is C13H17ClFNO2. The van der Waals surface area contributed by atoms with E-state index >= 15 is 0 Å². The van der Waals surface area contributed by atoms with Crippen LogP contribution in [0, 0.1) is 5.82 Å². The van der Waals surface area contributed by atoms with Gasteiger partial charge in [0.25, 0.3) is 0 Å². The Labute approximate surface area is 111 Å². The Kier molecular flexibility index (Phi) is 5.92. The molecular weight excluding hydrogens is 257 g/mol. The van der Waals surface area contributed by atoms with Gasteiger partial charge in [0.2, 0.25) is 0 Å². The first kappa shape index (κ1) is 14.8. The minimum absolute atomic E-state index is 0.0463. The van der Waals surface area contributed by atoms with E-state index in [9.17, 15) is 9.18 Å². The maximum Gasteiger partial charge on any atom is 0.305 e. The summed E-state index contributed by atoms with van der Waals surface area (Å²) in [6.07, 6.45) is 2.27. The van der Waals surface area contributed by atoms with Gasteiger partial charge in [0, 0.05) is 19.2 Å². The van der Waals surface area contributed by atoms with Crippen molar-refractivity contribution in [2.45, 2.75) is 26.2 Å². The predicted molar refractivity (Wildman–Crippen MR) is 70.5 cm³/mol. The van der Waals surface area contributed by atoms with Crippen molar-refractivity contribution >= 4 is 23.3 Å². The van der Waals surface area contributed by atoms with Crippen LogP contribution in [-0.4, -0.2) is 19.6 Å². The highest BCUT2D eigenvalue weighted by Gasteiger charge is 2.09. The predicted octanol–water partition coefficient (Wildman–Crippen LogP) is 3.41. The molecule has 0 aliphatic carbocycles. The van der Waals surface area contributed by atoms with Crippen LogP contribution in [-0.2, 0) is 16.0 Å². The molecule has 1 heterocycles. The Morgan fingerprint density at radius 2 is 2.22 bits per heavy atom. The Morgan fingerprint density at radius 1 is 1.50 bits per heavy atom. The van der Waals surface area contributed by atoms with E-state index in [0.717, 1.165) is 24.1 Å². The van der Waals surface area contributed by atoms with Gasteiger partial charge in [-0.05, 0) is 30.5 Å². The van der Waals surface area contributed by atoms with Crippen LogP contribution in [0.25, 0.3) is 0 Å². The molecule has 1 saturated heterocycles. The molecule has 1 aliphatic rings. The first-order chi connectivity index (χ1) is 8.60. The normalized spacial score (nSPS) is 13.7. The zero-order chi connectivity index (χ0) is 13.5. The highest BCUT2D eigenvalue weighted by molar-refractivity contribution is 6.31. The van der Waals surface area contributed by atoms with Crippen molar-refractivity contribution in [2.24, 2.45) is 0 Å². The number of hydrogen-bond acceptors (Lipinski definition) is 3. The minimum Gasteiger partial charge on any atom is -0.466 e. The van der Waals surface area contributed by atoms with Gasteiger partial charge in [-0.1, -0.05) is 18.5 Å². The lowest BCUT2D eigenvalue weighted by Crippen LogP contribution is -1.96. The number of esters is 1. The van der Waals surface area contributed by atoms with Crippen LogP contribution in [0.3, 0.4) is 0 Å². The smallest absolute Gasteiger partial charge is 0.305 e. The average molecular weight is 274 g/mol. The van der Waals surface area contributed by atoms with Gasteiger partial charge in [0.1, 0.15) is 5.82 Å². The van der Waals surface area contributed by atoms with Crippen molar-refractivity contribution in [3.8, 4) is 0 Å². The van der Waals surface area contributed by atoms with Crippen molar-refractivity contribution in [2.75, 3.05) is 19.0 Å². The van der Waals surface area contributed by atoms with E-state index in [1.54, 1.807) is 13.1 Å². The van der Waals surface area contributed by atoms with Crippen molar-refractivity contribution in [1.82, 2.24) is 0 Å². The van der Waals surface area contributed by atoms with Crippen LogP contribution in [0.15, 0.2) is 12.1 Å². The van der Waals surface area contributed by atoms with E-state index in [-0.39, 0.29) is 16.8 Å². The molecule has 3 nitrogen and oxygen atoms in total. The standard InChI is InChI=1S/C9H11ClFN.C4H6O2/c1-3-6-8(12-2)5-4-7(11)9(6)10;5-4-2-1-3-6-4/h4-5,12H,3H2,1-2H3;1-3H2. The molecule has 0 amide bonds. The summed E-state index contributed by atoms with van der Waals surface area (Å²) in [5.41, 5.74) is 1.73.